The molecule has 0 saturated carbocycles. The molecule has 4 saturated heterocycles. The molecule has 6 heterocycles. The maximum absolute atomic E-state index is 13.5. The molecule has 1 aromatic heterocycles. The molecule has 7 rings (SSSR count). The predicted octanol–water partition coefficient (Wildman–Crippen LogP) is 1.10. The van der Waals surface area contributed by atoms with E-state index in [1.807, 2.05) is 24.4 Å². The van der Waals surface area contributed by atoms with Crippen LogP contribution in [0.3, 0.4) is 0 Å². The van der Waals surface area contributed by atoms with Crippen molar-refractivity contribution in [2.45, 2.75) is 28.2 Å². The van der Waals surface area contributed by atoms with Gasteiger partial charge in [0.2, 0.25) is 10.9 Å². The van der Waals surface area contributed by atoms with Crippen molar-refractivity contribution in [1.29, 1.82) is 0 Å². The molecule has 11 heteroatoms. The Morgan fingerprint density at radius 2 is 2.00 bits per heavy atom. The number of carbonyl (C=O) groups is 2. The van der Waals surface area contributed by atoms with Crippen molar-refractivity contribution in [3.05, 3.63) is 53.9 Å². The number of fused-ring (bicyclic) bond motifs is 5. The van der Waals surface area contributed by atoms with E-state index in [0.29, 0.717) is 12.1 Å². The quantitative estimate of drug-likeness (QED) is 0.528. The van der Waals surface area contributed by atoms with Crippen LogP contribution in [0.15, 0.2) is 42.7 Å². The number of likely N-dealkylation sites (N-methyl/N-ethyl adjacent to an activating group) is 1. The van der Waals surface area contributed by atoms with Crippen LogP contribution in [0.25, 0.3) is 0 Å². The maximum atomic E-state index is 13.5. The highest BCUT2D eigenvalue weighted by Gasteiger charge is 2.76. The van der Waals surface area contributed by atoms with Crippen LogP contribution in [0.5, 0.6) is 0 Å². The van der Waals surface area contributed by atoms with Gasteiger partial charge in [0, 0.05) is 25.9 Å². The first-order chi connectivity index (χ1) is 13.9. The van der Waals surface area contributed by atoms with Crippen LogP contribution in [0.2, 0.25) is 0 Å². The van der Waals surface area contributed by atoms with E-state index in [-0.39, 0.29) is 11.8 Å². The molecule has 1 spiro atoms. The molecule has 4 fully saturated rings. The molecule has 1 aromatic carbocycles. The second kappa shape index (κ2) is 5.52. The summed E-state index contributed by atoms with van der Waals surface area (Å²) in [7, 11) is 1.38. The molecule has 4 atom stereocenters. The van der Waals surface area contributed by atoms with Gasteiger partial charge in [-0.3, -0.25) is 14.5 Å². The first kappa shape index (κ1) is 17.7. The van der Waals surface area contributed by atoms with Crippen LogP contribution < -0.4 is 4.31 Å². The van der Waals surface area contributed by atoms with Crippen LogP contribution in [0.1, 0.15) is 17.5 Å². The van der Waals surface area contributed by atoms with Crippen molar-refractivity contribution >= 4 is 50.0 Å². The Labute approximate surface area is 176 Å². The normalized spacial score (nSPS) is 34.8. The fourth-order valence-corrected chi connectivity index (χ4v) is 9.66. The molecule has 1 N–H and O–H groups in total. The van der Waals surface area contributed by atoms with Gasteiger partial charge in [0.15, 0.2) is 10.2 Å². The number of nitrogens with zero attached hydrogens (tertiary/aromatic N) is 3. The molecule has 29 heavy (non-hydrogen) atoms. The zero-order valence-electron chi connectivity index (χ0n) is 15.1. The van der Waals surface area contributed by atoms with E-state index in [2.05, 4.69) is 4.98 Å². The van der Waals surface area contributed by atoms with Crippen molar-refractivity contribution in [3.8, 4) is 0 Å². The summed E-state index contributed by atoms with van der Waals surface area (Å²) in [6, 6.07) is 9.24. The Kier molecular flexibility index (Phi) is 3.38. The highest BCUT2D eigenvalue weighted by atomic mass is 33.1. The Morgan fingerprint density at radius 1 is 1.21 bits per heavy atom. The summed E-state index contributed by atoms with van der Waals surface area (Å²) < 4.78 is 26.2. The first-order valence-corrected chi connectivity index (χ1v) is 12.4. The van der Waals surface area contributed by atoms with Gasteiger partial charge in [-0.15, -0.1) is 0 Å². The lowest BCUT2D eigenvalue weighted by Gasteiger charge is -2.53. The first-order valence-electron chi connectivity index (χ1n) is 9.05. The summed E-state index contributed by atoms with van der Waals surface area (Å²) in [5, 5.41) is -0.647. The largest absolute Gasteiger partial charge is 0.367 e. The Morgan fingerprint density at radius 3 is 2.72 bits per heavy atom. The number of hydrogen-bond donors (Lipinski definition) is 2. The molecule has 150 valence electrons. The van der Waals surface area contributed by atoms with Gasteiger partial charge in [-0.2, -0.15) is 0 Å². The van der Waals surface area contributed by atoms with Gasteiger partial charge in [0.05, 0.1) is 11.1 Å². The molecule has 5 aliphatic heterocycles. The van der Waals surface area contributed by atoms with E-state index < -0.39 is 32.7 Å². The van der Waals surface area contributed by atoms with Crippen LogP contribution in [-0.4, -0.2) is 58.5 Å². The van der Waals surface area contributed by atoms with Gasteiger partial charge in [0.25, 0.3) is 11.8 Å². The molecule has 0 unspecified atom stereocenters. The summed E-state index contributed by atoms with van der Waals surface area (Å²) in [5.74, 6) is -0.360. The number of thiol groups is 1. The number of carbonyl (C=O) groups excluding carboxylic acids is 2. The zero-order valence-corrected chi connectivity index (χ0v) is 17.7. The molecule has 2 bridgehead atoms. The van der Waals surface area contributed by atoms with Crippen LogP contribution in [-0.2, 0) is 25.9 Å². The lowest BCUT2D eigenvalue weighted by atomic mass is 9.73. The zero-order chi connectivity index (χ0) is 20.1. The van der Waals surface area contributed by atoms with Crippen LogP contribution >= 0.6 is 21.6 Å². The monoisotopic (exact) mass is 448 g/mol. The van der Waals surface area contributed by atoms with Crippen LogP contribution in [0, 0.1) is 0 Å². The maximum Gasteiger partial charge on any atom is 0.261 e. The van der Waals surface area contributed by atoms with Gasteiger partial charge in [-0.05, 0) is 23.3 Å². The summed E-state index contributed by atoms with van der Waals surface area (Å²) in [6.45, 7) is 0. The van der Waals surface area contributed by atoms with E-state index in [1.54, 1.807) is 30.3 Å². The molecule has 0 radical (unpaired) electrons. The summed E-state index contributed by atoms with van der Waals surface area (Å²) >= 11 is 0. The molecular formula is C18H16N4O4S3. The number of aromatic nitrogens is 1. The number of anilines is 1. The van der Waals surface area contributed by atoms with Gasteiger partial charge in [-0.25, -0.2) is 12.7 Å². The second-order valence-electron chi connectivity index (χ2n) is 7.66. The average Bonchev–Trinajstić information content (AvgIpc) is 3.38. The van der Waals surface area contributed by atoms with Crippen molar-refractivity contribution in [1.82, 2.24) is 14.8 Å². The Hall–Kier alpha value is -2.11. The number of rotatable bonds is 2. The topological polar surface area (TPSA) is 93.8 Å². The standard InChI is InChI=1S/C18H16N4O4S3/c1-20-14-13(23)21-15-17(10-6-7-19-8-10,9-18(21,16(20)24)28-27-14)11-4-2-3-5-12(11)22(15)29(25)26/h2-8,14-15,19,29H,9H2,1H3/t14-,15-,17-,18-/m0/s1. The van der Waals surface area contributed by atoms with Crippen molar-refractivity contribution in [2.75, 3.05) is 11.4 Å². The number of benzene rings is 1. The molecular weight excluding hydrogens is 432 g/mol. The Balaban J connectivity index is 1.70. The summed E-state index contributed by atoms with van der Waals surface area (Å²) in [5.41, 5.74) is 1.43. The number of hydrogen-bond acceptors (Lipinski definition) is 6. The highest BCUT2D eigenvalue weighted by molar-refractivity contribution is 8.78. The minimum atomic E-state index is -3.03. The predicted molar refractivity (Wildman–Crippen MR) is 111 cm³/mol. The minimum Gasteiger partial charge on any atom is -0.367 e. The number of H-pyrrole nitrogens is 1. The van der Waals surface area contributed by atoms with Gasteiger partial charge >= 0.3 is 0 Å². The summed E-state index contributed by atoms with van der Waals surface area (Å²) in [4.78, 5) is 31.8. The third kappa shape index (κ3) is 1.83. The molecule has 2 aromatic rings. The lowest BCUT2D eigenvalue weighted by Crippen LogP contribution is -2.71. The SMILES string of the molecule is CN1C(=O)[C@@]23C[C@]4(c5cc[nH]c5)c5ccccc5N([SH](=O)=O)[C@@H]4N2C(=O)[C@@H]1SS3. The van der Waals surface area contributed by atoms with Crippen molar-refractivity contribution < 1.29 is 18.0 Å². The van der Waals surface area contributed by atoms with Gasteiger partial charge in [-0.1, -0.05) is 39.8 Å². The molecule has 5 aliphatic rings. The van der Waals surface area contributed by atoms with Crippen molar-refractivity contribution in [2.24, 2.45) is 0 Å². The van der Waals surface area contributed by atoms with Gasteiger partial charge in [0.1, 0.15) is 6.17 Å². The fourth-order valence-electron chi connectivity index (χ4n) is 5.37. The molecule has 0 aliphatic carbocycles. The smallest absolute Gasteiger partial charge is 0.261 e. The van der Waals surface area contributed by atoms with E-state index >= 15 is 0 Å². The Bertz CT molecular complexity index is 1140. The average molecular weight is 449 g/mol. The third-order valence-electron chi connectivity index (χ3n) is 6.48. The van der Waals surface area contributed by atoms with E-state index in [9.17, 15) is 18.0 Å². The van der Waals surface area contributed by atoms with Gasteiger partial charge < -0.3 is 9.88 Å². The fraction of sp³-hybridized carbons (Fsp3) is 0.333. The molecule has 8 nitrogen and oxygen atoms in total. The number of amides is 2. The number of aromatic amines is 1. The number of para-hydroxylation sites is 1. The number of nitrogens with one attached hydrogen (secondary N) is 1. The van der Waals surface area contributed by atoms with E-state index in [0.717, 1.165) is 11.1 Å². The molecule has 2 amide bonds. The minimum absolute atomic E-state index is 0.145. The van der Waals surface area contributed by atoms with Crippen molar-refractivity contribution in [3.63, 3.8) is 0 Å². The lowest BCUT2D eigenvalue weighted by molar-refractivity contribution is -0.158. The number of piperazine rings is 1. The van der Waals surface area contributed by atoms with E-state index in [4.69, 9.17) is 0 Å². The second-order valence-corrected chi connectivity index (χ2v) is 11.1. The highest BCUT2D eigenvalue weighted by Crippen LogP contribution is 2.68. The van der Waals surface area contributed by atoms with E-state index in [1.165, 1.54) is 30.8 Å². The third-order valence-corrected chi connectivity index (χ3v) is 10.5. The summed E-state index contributed by atoms with van der Waals surface area (Å²) in [6.07, 6.45) is 3.13. The van der Waals surface area contributed by atoms with Crippen LogP contribution in [0.4, 0.5) is 5.69 Å².